The largest absolute Gasteiger partial charge is 0.453 e. The average molecular weight is 370 g/mol. The van der Waals surface area contributed by atoms with E-state index in [9.17, 15) is 9.59 Å². The van der Waals surface area contributed by atoms with Gasteiger partial charge in [-0.1, -0.05) is 52.3 Å². The molecule has 0 aliphatic heterocycles. The van der Waals surface area contributed by atoms with E-state index in [-0.39, 0.29) is 18.1 Å². The molecule has 3 rings (SSSR count). The van der Waals surface area contributed by atoms with Gasteiger partial charge in [0, 0.05) is 15.4 Å². The van der Waals surface area contributed by atoms with Crippen LogP contribution >= 0.6 is 15.9 Å². The molecular formula is C18H12BrNO3. The fourth-order valence-corrected chi connectivity index (χ4v) is 2.37. The molecule has 4 nitrogen and oxygen atoms in total. The third-order valence-electron chi connectivity index (χ3n) is 3.31. The Kier molecular flexibility index (Phi) is 4.48. The number of benzene rings is 2. The molecule has 2 aromatic carbocycles. The van der Waals surface area contributed by atoms with Crippen LogP contribution in [0.15, 0.2) is 65.1 Å². The highest BCUT2D eigenvalue weighted by molar-refractivity contribution is 9.10. The van der Waals surface area contributed by atoms with Crippen LogP contribution in [0.1, 0.15) is 20.8 Å². The highest BCUT2D eigenvalue weighted by Crippen LogP contribution is 2.13. The summed E-state index contributed by atoms with van der Waals surface area (Å²) in [6.07, 6.45) is 0. The zero-order chi connectivity index (χ0) is 16.2. The summed E-state index contributed by atoms with van der Waals surface area (Å²) in [4.78, 5) is 28.3. The lowest BCUT2D eigenvalue weighted by molar-refractivity contribution is 0.0469. The van der Waals surface area contributed by atoms with E-state index < -0.39 is 5.97 Å². The number of pyridine rings is 1. The minimum atomic E-state index is -0.610. The zero-order valence-electron chi connectivity index (χ0n) is 12.0. The van der Waals surface area contributed by atoms with Crippen LogP contribution in [0.25, 0.3) is 10.9 Å². The lowest BCUT2D eigenvalue weighted by atomic mass is 10.1. The Hall–Kier alpha value is -2.53. The van der Waals surface area contributed by atoms with Crippen LogP contribution in [0.4, 0.5) is 0 Å². The normalized spacial score (nSPS) is 10.5. The van der Waals surface area contributed by atoms with Crippen molar-refractivity contribution < 1.29 is 14.3 Å². The maximum Gasteiger partial charge on any atom is 0.357 e. The van der Waals surface area contributed by atoms with Gasteiger partial charge in [-0.25, -0.2) is 9.78 Å². The fourth-order valence-electron chi connectivity index (χ4n) is 2.10. The smallest absolute Gasteiger partial charge is 0.357 e. The summed E-state index contributed by atoms with van der Waals surface area (Å²) in [5.74, 6) is -0.868. The van der Waals surface area contributed by atoms with Crippen molar-refractivity contribution in [3.05, 3.63) is 76.4 Å². The SMILES string of the molecule is O=C(COC(=O)c1ccc2ccccc2n1)c1ccc(Br)cc1. The highest BCUT2D eigenvalue weighted by atomic mass is 79.9. The van der Waals surface area contributed by atoms with Crippen LogP contribution in [0, 0.1) is 0 Å². The van der Waals surface area contributed by atoms with E-state index in [1.54, 1.807) is 36.4 Å². The molecule has 0 spiro atoms. The van der Waals surface area contributed by atoms with Crippen LogP contribution in [-0.4, -0.2) is 23.3 Å². The summed E-state index contributed by atoms with van der Waals surface area (Å²) in [5, 5.41) is 0.940. The molecule has 0 atom stereocenters. The van der Waals surface area contributed by atoms with E-state index in [0.29, 0.717) is 11.1 Å². The number of hydrogen-bond acceptors (Lipinski definition) is 4. The van der Waals surface area contributed by atoms with Crippen molar-refractivity contribution in [1.29, 1.82) is 0 Å². The van der Waals surface area contributed by atoms with Gasteiger partial charge >= 0.3 is 5.97 Å². The van der Waals surface area contributed by atoms with E-state index in [1.807, 2.05) is 24.3 Å². The molecule has 0 radical (unpaired) electrons. The van der Waals surface area contributed by atoms with Crippen LogP contribution in [0.3, 0.4) is 0 Å². The lowest BCUT2D eigenvalue weighted by Gasteiger charge is -2.05. The number of hydrogen-bond donors (Lipinski definition) is 0. The predicted molar refractivity (Wildman–Crippen MR) is 90.5 cm³/mol. The molecule has 0 fully saturated rings. The first-order valence-electron chi connectivity index (χ1n) is 6.95. The molecule has 0 amide bonds. The predicted octanol–water partition coefficient (Wildman–Crippen LogP) is 4.04. The average Bonchev–Trinajstić information content (AvgIpc) is 2.59. The van der Waals surface area contributed by atoms with Gasteiger partial charge in [-0.2, -0.15) is 0 Å². The lowest BCUT2D eigenvalue weighted by Crippen LogP contribution is -2.15. The van der Waals surface area contributed by atoms with Gasteiger partial charge in [0.2, 0.25) is 0 Å². The number of aromatic nitrogens is 1. The van der Waals surface area contributed by atoms with E-state index in [4.69, 9.17) is 4.74 Å². The molecule has 23 heavy (non-hydrogen) atoms. The van der Waals surface area contributed by atoms with Gasteiger partial charge in [0.1, 0.15) is 5.69 Å². The molecule has 0 N–H and O–H groups in total. The van der Waals surface area contributed by atoms with Crippen molar-refractivity contribution in [2.45, 2.75) is 0 Å². The maximum atomic E-state index is 12.0. The van der Waals surface area contributed by atoms with Crippen molar-refractivity contribution in [1.82, 2.24) is 4.98 Å². The Bertz CT molecular complexity index is 875. The number of para-hydroxylation sites is 1. The Morgan fingerprint density at radius 3 is 2.48 bits per heavy atom. The first kappa shape index (κ1) is 15.4. The van der Waals surface area contributed by atoms with Crippen molar-refractivity contribution >= 4 is 38.6 Å². The molecule has 114 valence electrons. The number of esters is 1. The number of ether oxygens (including phenoxy) is 1. The summed E-state index contributed by atoms with van der Waals surface area (Å²) in [7, 11) is 0. The van der Waals surface area contributed by atoms with Gasteiger partial charge in [0.25, 0.3) is 0 Å². The monoisotopic (exact) mass is 369 g/mol. The van der Waals surface area contributed by atoms with Crippen LogP contribution in [0.5, 0.6) is 0 Å². The van der Waals surface area contributed by atoms with E-state index in [0.717, 1.165) is 9.86 Å². The number of fused-ring (bicyclic) bond motifs is 1. The first-order chi connectivity index (χ1) is 11.1. The molecule has 0 unspecified atom stereocenters. The molecule has 3 aromatic rings. The maximum absolute atomic E-state index is 12.0. The van der Waals surface area contributed by atoms with E-state index in [1.165, 1.54) is 0 Å². The Morgan fingerprint density at radius 1 is 0.957 bits per heavy atom. The topological polar surface area (TPSA) is 56.3 Å². The molecule has 0 saturated carbocycles. The number of rotatable bonds is 4. The molecule has 0 aliphatic carbocycles. The second-order valence-electron chi connectivity index (χ2n) is 4.90. The van der Waals surface area contributed by atoms with Crippen molar-refractivity contribution in [2.24, 2.45) is 0 Å². The summed E-state index contributed by atoms with van der Waals surface area (Å²) in [5.41, 5.74) is 1.39. The minimum Gasteiger partial charge on any atom is -0.453 e. The van der Waals surface area contributed by atoms with Crippen molar-refractivity contribution in [2.75, 3.05) is 6.61 Å². The Labute approximate surface area is 141 Å². The van der Waals surface area contributed by atoms with Crippen LogP contribution in [0.2, 0.25) is 0 Å². The molecular weight excluding hydrogens is 358 g/mol. The number of Topliss-reactive ketones (excluding diaryl/α,β-unsaturated/α-hetero) is 1. The van der Waals surface area contributed by atoms with Gasteiger partial charge in [-0.05, 0) is 24.3 Å². The number of halogens is 1. The van der Waals surface area contributed by atoms with Gasteiger partial charge in [-0.15, -0.1) is 0 Å². The fraction of sp³-hybridized carbons (Fsp3) is 0.0556. The quantitative estimate of drug-likeness (QED) is 0.514. The van der Waals surface area contributed by atoms with Crippen LogP contribution < -0.4 is 0 Å². The van der Waals surface area contributed by atoms with Gasteiger partial charge in [0.05, 0.1) is 5.52 Å². The molecule has 0 aliphatic rings. The Balaban J connectivity index is 1.68. The number of carbonyl (C=O) groups excluding carboxylic acids is 2. The van der Waals surface area contributed by atoms with Crippen molar-refractivity contribution in [3.63, 3.8) is 0 Å². The summed E-state index contributed by atoms with van der Waals surface area (Å²) in [6.45, 7) is -0.311. The molecule has 0 bridgehead atoms. The minimum absolute atomic E-state index is 0.187. The Morgan fingerprint density at radius 2 is 1.70 bits per heavy atom. The number of carbonyl (C=O) groups is 2. The molecule has 1 aromatic heterocycles. The molecule has 5 heteroatoms. The number of ketones is 1. The highest BCUT2D eigenvalue weighted by Gasteiger charge is 2.13. The number of nitrogens with zero attached hydrogens (tertiary/aromatic N) is 1. The zero-order valence-corrected chi connectivity index (χ0v) is 13.6. The van der Waals surface area contributed by atoms with Crippen molar-refractivity contribution in [3.8, 4) is 0 Å². The van der Waals surface area contributed by atoms with Gasteiger partial charge < -0.3 is 4.74 Å². The molecule has 0 saturated heterocycles. The van der Waals surface area contributed by atoms with Crippen LogP contribution in [-0.2, 0) is 4.74 Å². The standard InChI is InChI=1S/C18H12BrNO3/c19-14-8-5-13(6-9-14)17(21)11-23-18(22)16-10-7-12-3-1-2-4-15(12)20-16/h1-10H,11H2. The third-order valence-corrected chi connectivity index (χ3v) is 3.84. The van der Waals surface area contributed by atoms with Gasteiger partial charge in [0.15, 0.2) is 12.4 Å². The third kappa shape index (κ3) is 3.63. The molecule has 1 heterocycles. The summed E-state index contributed by atoms with van der Waals surface area (Å²) < 4.78 is 5.94. The van der Waals surface area contributed by atoms with E-state index >= 15 is 0 Å². The summed E-state index contributed by atoms with van der Waals surface area (Å²) in [6, 6.07) is 17.8. The van der Waals surface area contributed by atoms with E-state index in [2.05, 4.69) is 20.9 Å². The second-order valence-corrected chi connectivity index (χ2v) is 5.81. The first-order valence-corrected chi connectivity index (χ1v) is 7.74. The summed E-state index contributed by atoms with van der Waals surface area (Å²) >= 11 is 3.30. The van der Waals surface area contributed by atoms with Gasteiger partial charge in [-0.3, -0.25) is 4.79 Å². The second kappa shape index (κ2) is 6.71.